The molecule has 0 aliphatic carbocycles. The van der Waals surface area contributed by atoms with Crippen molar-refractivity contribution in [2.75, 3.05) is 14.2 Å². The van der Waals surface area contributed by atoms with Gasteiger partial charge in [-0.1, -0.05) is 38.4 Å². The van der Waals surface area contributed by atoms with Gasteiger partial charge in [0.1, 0.15) is 0 Å². The molecule has 0 radical (unpaired) electrons. The molecule has 0 fully saturated rings. The molecule has 21 heavy (non-hydrogen) atoms. The van der Waals surface area contributed by atoms with E-state index in [-0.39, 0.29) is 5.41 Å². The normalized spacial score (nSPS) is 10.0. The fourth-order valence-corrected chi connectivity index (χ4v) is 1.40. The van der Waals surface area contributed by atoms with Gasteiger partial charge in [0.2, 0.25) is 0 Å². The Hall–Kier alpha value is -1.95. The lowest BCUT2D eigenvalue weighted by Gasteiger charge is -2.19. The largest absolute Gasteiger partial charge is 0.513 e. The van der Waals surface area contributed by atoms with E-state index < -0.39 is 12.3 Å². The molecule has 0 bridgehead atoms. The lowest BCUT2D eigenvalue weighted by atomic mass is 9.87. The van der Waals surface area contributed by atoms with Crippen LogP contribution >= 0.6 is 11.6 Å². The molecule has 1 N–H and O–H groups in total. The van der Waals surface area contributed by atoms with Crippen LogP contribution in [-0.2, 0) is 14.9 Å². The van der Waals surface area contributed by atoms with E-state index in [1.54, 1.807) is 12.1 Å². The lowest BCUT2D eigenvalue weighted by molar-refractivity contribution is 0.113. The van der Waals surface area contributed by atoms with Crippen LogP contribution in [0, 0.1) is 0 Å². The molecular weight excluding hydrogens is 300 g/mol. The van der Waals surface area contributed by atoms with Crippen molar-refractivity contribution in [3.05, 3.63) is 28.8 Å². The Bertz CT molecular complexity index is 493. The number of hydrogen-bond donors (Lipinski definition) is 1. The highest BCUT2D eigenvalue weighted by molar-refractivity contribution is 6.32. The maximum atomic E-state index is 10.9. The van der Waals surface area contributed by atoms with Crippen LogP contribution < -0.4 is 4.74 Å². The third-order valence-corrected chi connectivity index (χ3v) is 2.63. The second-order valence-corrected chi connectivity index (χ2v) is 5.33. The minimum absolute atomic E-state index is 0.00738. The lowest BCUT2D eigenvalue weighted by Crippen LogP contribution is -2.12. The number of carboxylic acid groups (broad SMARTS) is 1. The molecule has 0 heterocycles. The van der Waals surface area contributed by atoms with Crippen molar-refractivity contribution in [2.24, 2.45) is 0 Å². The second kappa shape index (κ2) is 8.36. The first-order valence-corrected chi connectivity index (χ1v) is 6.32. The van der Waals surface area contributed by atoms with E-state index in [2.05, 4.69) is 30.2 Å². The molecular formula is C14H19ClO6. The second-order valence-electron chi connectivity index (χ2n) is 4.92. The Balaban J connectivity index is 0.000000690. The van der Waals surface area contributed by atoms with Gasteiger partial charge in [-0.25, -0.2) is 9.59 Å². The highest BCUT2D eigenvalue weighted by Crippen LogP contribution is 2.31. The third-order valence-electron chi connectivity index (χ3n) is 2.33. The predicted octanol–water partition coefficient (Wildman–Crippen LogP) is 4.09. The van der Waals surface area contributed by atoms with Crippen molar-refractivity contribution in [3.63, 3.8) is 0 Å². The first kappa shape index (κ1) is 19.1. The Kier molecular flexibility index (Phi) is 7.59. The number of ether oxygens (including phenoxy) is 3. The summed E-state index contributed by atoms with van der Waals surface area (Å²) in [5, 5.41) is 7.90. The molecule has 1 aromatic carbocycles. The van der Waals surface area contributed by atoms with Crippen LogP contribution in [0.4, 0.5) is 9.59 Å². The van der Waals surface area contributed by atoms with E-state index in [1.165, 1.54) is 7.11 Å². The topological polar surface area (TPSA) is 82.1 Å². The summed E-state index contributed by atoms with van der Waals surface area (Å²) < 4.78 is 12.9. The van der Waals surface area contributed by atoms with Crippen molar-refractivity contribution < 1.29 is 28.9 Å². The summed E-state index contributed by atoms with van der Waals surface area (Å²) in [6, 6.07) is 5.34. The Morgan fingerprint density at radius 3 is 2.00 bits per heavy atom. The number of hydrogen-bond acceptors (Lipinski definition) is 5. The van der Waals surface area contributed by atoms with Crippen LogP contribution in [0.2, 0.25) is 5.02 Å². The Morgan fingerprint density at radius 1 is 1.14 bits per heavy atom. The van der Waals surface area contributed by atoms with Gasteiger partial charge in [-0.15, -0.1) is 0 Å². The van der Waals surface area contributed by atoms with Crippen molar-refractivity contribution >= 4 is 23.9 Å². The van der Waals surface area contributed by atoms with Gasteiger partial charge < -0.3 is 19.3 Å². The SMILES string of the molecule is COC(=O)O.COC(=O)Oc1ccc(C(C)(C)C)cc1Cl. The molecule has 6 nitrogen and oxygen atoms in total. The van der Waals surface area contributed by atoms with E-state index in [9.17, 15) is 4.79 Å². The standard InChI is InChI=1S/C12H15ClO3.C2H4O3/c1-12(2,3)8-5-6-10(9(13)7-8)16-11(14)15-4;1-5-2(3)4/h5-7H,1-4H3;1H3,(H,3,4). The Morgan fingerprint density at radius 2 is 1.67 bits per heavy atom. The number of benzene rings is 1. The van der Waals surface area contributed by atoms with E-state index >= 15 is 0 Å². The van der Waals surface area contributed by atoms with Gasteiger partial charge in [-0.05, 0) is 23.1 Å². The van der Waals surface area contributed by atoms with Crippen LogP contribution in [-0.4, -0.2) is 31.6 Å². The van der Waals surface area contributed by atoms with E-state index in [1.807, 2.05) is 6.07 Å². The van der Waals surface area contributed by atoms with Gasteiger partial charge in [0.15, 0.2) is 5.75 Å². The predicted molar refractivity (Wildman–Crippen MR) is 78.2 cm³/mol. The summed E-state index contributed by atoms with van der Waals surface area (Å²) in [5.74, 6) is 0.307. The molecule has 118 valence electrons. The average molecular weight is 319 g/mol. The number of carbonyl (C=O) groups excluding carboxylic acids is 1. The highest BCUT2D eigenvalue weighted by Gasteiger charge is 2.16. The maximum absolute atomic E-state index is 10.9. The van der Waals surface area contributed by atoms with Crippen LogP contribution in [0.15, 0.2) is 18.2 Å². The average Bonchev–Trinajstić information content (AvgIpc) is 2.40. The molecule has 0 saturated carbocycles. The van der Waals surface area contributed by atoms with Crippen molar-refractivity contribution in [1.82, 2.24) is 0 Å². The zero-order chi connectivity index (χ0) is 16.6. The van der Waals surface area contributed by atoms with Crippen molar-refractivity contribution in [1.29, 1.82) is 0 Å². The summed E-state index contributed by atoms with van der Waals surface area (Å²) in [6.45, 7) is 6.25. The maximum Gasteiger partial charge on any atom is 0.513 e. The van der Waals surface area contributed by atoms with Crippen LogP contribution in [0.1, 0.15) is 26.3 Å². The molecule has 1 aromatic rings. The molecule has 0 unspecified atom stereocenters. The monoisotopic (exact) mass is 318 g/mol. The number of carbonyl (C=O) groups is 2. The quantitative estimate of drug-likeness (QED) is 0.620. The fraction of sp³-hybridized carbons (Fsp3) is 0.429. The van der Waals surface area contributed by atoms with Gasteiger partial charge in [-0.3, -0.25) is 0 Å². The summed E-state index contributed by atoms with van der Waals surface area (Å²) in [7, 11) is 2.35. The molecule has 0 saturated heterocycles. The summed E-state index contributed by atoms with van der Waals surface area (Å²) in [6.07, 6.45) is -2.02. The van der Waals surface area contributed by atoms with Crippen LogP contribution in [0.3, 0.4) is 0 Å². The molecule has 0 aliphatic heterocycles. The number of halogens is 1. The zero-order valence-corrected chi connectivity index (χ0v) is 13.4. The zero-order valence-electron chi connectivity index (χ0n) is 12.6. The van der Waals surface area contributed by atoms with Crippen molar-refractivity contribution in [2.45, 2.75) is 26.2 Å². The Labute approximate surface area is 128 Å². The summed E-state index contributed by atoms with van der Waals surface area (Å²) >= 11 is 6.00. The number of methoxy groups -OCH3 is 2. The fourth-order valence-electron chi connectivity index (χ4n) is 1.18. The minimum atomic E-state index is -1.25. The summed E-state index contributed by atoms with van der Waals surface area (Å²) in [5.41, 5.74) is 1.09. The molecule has 0 atom stereocenters. The molecule has 0 aliphatic rings. The first-order valence-electron chi connectivity index (χ1n) is 5.94. The van der Waals surface area contributed by atoms with E-state index in [0.29, 0.717) is 10.8 Å². The van der Waals surface area contributed by atoms with Gasteiger partial charge >= 0.3 is 12.3 Å². The number of rotatable bonds is 1. The molecule has 0 spiro atoms. The molecule has 7 heteroatoms. The smallest absolute Gasteiger partial charge is 0.450 e. The molecule has 1 rings (SSSR count). The van der Waals surface area contributed by atoms with Gasteiger partial charge in [0.05, 0.1) is 19.2 Å². The van der Waals surface area contributed by atoms with Crippen molar-refractivity contribution in [3.8, 4) is 5.75 Å². The first-order chi connectivity index (χ1) is 9.61. The minimum Gasteiger partial charge on any atom is -0.450 e. The van der Waals surface area contributed by atoms with Crippen LogP contribution in [0.25, 0.3) is 0 Å². The van der Waals surface area contributed by atoms with Crippen LogP contribution in [0.5, 0.6) is 5.75 Å². The summed E-state index contributed by atoms with van der Waals surface area (Å²) in [4.78, 5) is 20.1. The van der Waals surface area contributed by atoms with E-state index in [4.69, 9.17) is 26.2 Å². The van der Waals surface area contributed by atoms with Gasteiger partial charge in [0, 0.05) is 0 Å². The van der Waals surface area contributed by atoms with Gasteiger partial charge in [0.25, 0.3) is 0 Å². The van der Waals surface area contributed by atoms with E-state index in [0.717, 1.165) is 12.7 Å². The highest BCUT2D eigenvalue weighted by atomic mass is 35.5. The molecule has 0 aromatic heterocycles. The van der Waals surface area contributed by atoms with Gasteiger partial charge in [-0.2, -0.15) is 0 Å². The molecule has 0 amide bonds. The third kappa shape index (κ3) is 7.41.